The molecule has 1 saturated heterocycles. The third-order valence-corrected chi connectivity index (χ3v) is 2.38. The first-order valence-electron chi connectivity index (χ1n) is 4.92. The highest BCUT2D eigenvalue weighted by molar-refractivity contribution is 5.40. The molecule has 1 aliphatic heterocycles. The van der Waals surface area contributed by atoms with E-state index in [1.165, 1.54) is 0 Å². The molecule has 1 aromatic rings. The molecule has 1 fully saturated rings. The van der Waals surface area contributed by atoms with Crippen molar-refractivity contribution in [2.75, 3.05) is 31.1 Å². The van der Waals surface area contributed by atoms with Crippen molar-refractivity contribution >= 4 is 5.82 Å². The van der Waals surface area contributed by atoms with Crippen LogP contribution in [0, 0.1) is 0 Å². The Kier molecular flexibility index (Phi) is 2.95. The summed E-state index contributed by atoms with van der Waals surface area (Å²) in [5, 5.41) is 3.12. The van der Waals surface area contributed by atoms with Crippen LogP contribution in [-0.4, -0.2) is 36.1 Å². The van der Waals surface area contributed by atoms with Crippen molar-refractivity contribution in [3.8, 4) is 0 Å². The van der Waals surface area contributed by atoms with Crippen molar-refractivity contribution in [2.45, 2.75) is 6.18 Å². The summed E-state index contributed by atoms with van der Waals surface area (Å²) in [6, 6.07) is 0.991. The van der Waals surface area contributed by atoms with E-state index in [1.807, 2.05) is 4.90 Å². The number of rotatable bonds is 1. The average Bonchev–Trinajstić information content (AvgIpc) is 2.29. The van der Waals surface area contributed by atoms with E-state index < -0.39 is 11.9 Å². The molecule has 2 rings (SSSR count). The third-order valence-electron chi connectivity index (χ3n) is 2.38. The third kappa shape index (κ3) is 2.41. The number of nitrogens with zero attached hydrogens (tertiary/aromatic N) is 3. The minimum absolute atomic E-state index is 0.337. The normalized spacial score (nSPS) is 17.6. The second-order valence-corrected chi connectivity index (χ2v) is 3.50. The number of hydrogen-bond acceptors (Lipinski definition) is 4. The molecule has 0 bridgehead atoms. The second-order valence-electron chi connectivity index (χ2n) is 3.50. The van der Waals surface area contributed by atoms with E-state index in [1.54, 1.807) is 0 Å². The summed E-state index contributed by atoms with van der Waals surface area (Å²) in [4.78, 5) is 8.90. The van der Waals surface area contributed by atoms with Gasteiger partial charge in [-0.2, -0.15) is 13.2 Å². The van der Waals surface area contributed by atoms with Crippen molar-refractivity contribution in [1.29, 1.82) is 0 Å². The van der Waals surface area contributed by atoms with Gasteiger partial charge in [-0.05, 0) is 0 Å². The van der Waals surface area contributed by atoms with E-state index in [2.05, 4.69) is 15.3 Å². The summed E-state index contributed by atoms with van der Waals surface area (Å²) in [5.74, 6) is 0.337. The molecule has 1 aliphatic rings. The quantitative estimate of drug-likeness (QED) is 0.781. The minimum Gasteiger partial charge on any atom is -0.354 e. The van der Waals surface area contributed by atoms with Gasteiger partial charge >= 0.3 is 6.18 Å². The van der Waals surface area contributed by atoms with Crippen molar-refractivity contribution in [3.63, 3.8) is 0 Å². The summed E-state index contributed by atoms with van der Waals surface area (Å²) >= 11 is 0. The van der Waals surface area contributed by atoms with Crippen molar-refractivity contribution in [3.05, 3.63) is 18.1 Å². The highest BCUT2D eigenvalue weighted by Gasteiger charge is 2.33. The molecule has 0 aromatic carbocycles. The van der Waals surface area contributed by atoms with Gasteiger partial charge in [0, 0.05) is 32.2 Å². The minimum atomic E-state index is -4.41. The fraction of sp³-hybridized carbons (Fsp3) is 0.556. The molecule has 0 unspecified atom stereocenters. The van der Waals surface area contributed by atoms with E-state index in [-0.39, 0.29) is 0 Å². The standard InChI is InChI=1S/C9H11F3N4/c10-9(11,12)7-5-8(15-6-14-7)16-3-1-13-2-4-16/h5-6,13H,1-4H2. The Labute approximate surface area is 90.5 Å². The number of halogens is 3. The topological polar surface area (TPSA) is 41.0 Å². The predicted molar refractivity (Wildman–Crippen MR) is 52.1 cm³/mol. The molecule has 1 aromatic heterocycles. The molecule has 88 valence electrons. The summed E-state index contributed by atoms with van der Waals surface area (Å²) in [6.07, 6.45) is -3.45. The lowest BCUT2D eigenvalue weighted by atomic mass is 10.3. The van der Waals surface area contributed by atoms with Crippen molar-refractivity contribution in [1.82, 2.24) is 15.3 Å². The zero-order chi connectivity index (χ0) is 11.6. The molecule has 1 N–H and O–H groups in total. The predicted octanol–water partition coefficient (Wildman–Crippen LogP) is 0.905. The van der Waals surface area contributed by atoms with Crippen LogP contribution >= 0.6 is 0 Å². The second kappa shape index (κ2) is 4.25. The fourth-order valence-electron chi connectivity index (χ4n) is 1.57. The molecule has 0 saturated carbocycles. The molecule has 16 heavy (non-hydrogen) atoms. The highest BCUT2D eigenvalue weighted by Crippen LogP contribution is 2.28. The first kappa shape index (κ1) is 11.1. The Bertz CT molecular complexity index is 360. The number of anilines is 1. The summed E-state index contributed by atoms with van der Waals surface area (Å²) < 4.78 is 37.2. The van der Waals surface area contributed by atoms with Gasteiger partial charge in [-0.3, -0.25) is 0 Å². The Morgan fingerprint density at radius 2 is 1.88 bits per heavy atom. The van der Waals surface area contributed by atoms with Gasteiger partial charge in [0.2, 0.25) is 0 Å². The van der Waals surface area contributed by atoms with Gasteiger partial charge in [-0.25, -0.2) is 9.97 Å². The van der Waals surface area contributed by atoms with Crippen LogP contribution in [0.25, 0.3) is 0 Å². The Morgan fingerprint density at radius 1 is 1.19 bits per heavy atom. The van der Waals surface area contributed by atoms with Crippen LogP contribution in [0.3, 0.4) is 0 Å². The average molecular weight is 232 g/mol. The van der Waals surface area contributed by atoms with Crippen LogP contribution in [0.4, 0.5) is 19.0 Å². The molecule has 0 radical (unpaired) electrons. The molecule has 0 amide bonds. The maximum absolute atomic E-state index is 12.4. The molecule has 0 spiro atoms. The maximum atomic E-state index is 12.4. The Balaban J connectivity index is 2.21. The largest absolute Gasteiger partial charge is 0.433 e. The van der Waals surface area contributed by atoms with Gasteiger partial charge in [-0.15, -0.1) is 0 Å². The summed E-state index contributed by atoms with van der Waals surface area (Å²) in [7, 11) is 0. The fourth-order valence-corrected chi connectivity index (χ4v) is 1.57. The van der Waals surface area contributed by atoms with Gasteiger partial charge in [-0.1, -0.05) is 0 Å². The van der Waals surface area contributed by atoms with E-state index >= 15 is 0 Å². The summed E-state index contributed by atoms with van der Waals surface area (Å²) in [5.41, 5.74) is -0.893. The monoisotopic (exact) mass is 232 g/mol. The number of nitrogens with one attached hydrogen (secondary N) is 1. The van der Waals surface area contributed by atoms with Gasteiger partial charge in [0.1, 0.15) is 17.8 Å². The molecule has 0 atom stereocenters. The lowest BCUT2D eigenvalue weighted by molar-refractivity contribution is -0.141. The lowest BCUT2D eigenvalue weighted by Gasteiger charge is -2.28. The number of aromatic nitrogens is 2. The van der Waals surface area contributed by atoms with E-state index in [0.717, 1.165) is 25.5 Å². The first-order chi connectivity index (χ1) is 7.57. The van der Waals surface area contributed by atoms with Crippen LogP contribution < -0.4 is 10.2 Å². The van der Waals surface area contributed by atoms with Gasteiger partial charge in [0.25, 0.3) is 0 Å². The van der Waals surface area contributed by atoms with Crippen molar-refractivity contribution < 1.29 is 13.2 Å². The smallest absolute Gasteiger partial charge is 0.354 e. The molecular formula is C9H11F3N4. The van der Waals surface area contributed by atoms with Gasteiger partial charge in [0.05, 0.1) is 0 Å². The molecule has 7 heteroatoms. The highest BCUT2D eigenvalue weighted by atomic mass is 19.4. The van der Waals surface area contributed by atoms with Crippen LogP contribution in [0.15, 0.2) is 12.4 Å². The molecule has 0 aliphatic carbocycles. The zero-order valence-corrected chi connectivity index (χ0v) is 8.46. The van der Waals surface area contributed by atoms with E-state index in [4.69, 9.17) is 0 Å². The Morgan fingerprint density at radius 3 is 2.50 bits per heavy atom. The van der Waals surface area contributed by atoms with Gasteiger partial charge < -0.3 is 10.2 Å². The van der Waals surface area contributed by atoms with Crippen LogP contribution in [0.1, 0.15) is 5.69 Å². The number of hydrogen-bond donors (Lipinski definition) is 1. The lowest BCUT2D eigenvalue weighted by Crippen LogP contribution is -2.44. The van der Waals surface area contributed by atoms with Crippen molar-refractivity contribution in [2.24, 2.45) is 0 Å². The molecular weight excluding hydrogens is 221 g/mol. The molecule has 4 nitrogen and oxygen atoms in total. The number of piperazine rings is 1. The van der Waals surface area contributed by atoms with E-state index in [9.17, 15) is 13.2 Å². The van der Waals surface area contributed by atoms with E-state index in [0.29, 0.717) is 18.9 Å². The van der Waals surface area contributed by atoms with Crippen LogP contribution in [0.2, 0.25) is 0 Å². The first-order valence-corrected chi connectivity index (χ1v) is 4.92. The van der Waals surface area contributed by atoms with Crippen LogP contribution in [-0.2, 0) is 6.18 Å². The Hall–Kier alpha value is -1.37. The zero-order valence-electron chi connectivity index (χ0n) is 8.46. The maximum Gasteiger partial charge on any atom is 0.433 e. The molecule has 2 heterocycles. The SMILES string of the molecule is FC(F)(F)c1cc(N2CCNCC2)ncn1. The summed E-state index contributed by atoms with van der Waals surface area (Å²) in [6.45, 7) is 2.83. The van der Waals surface area contributed by atoms with Gasteiger partial charge in [0.15, 0.2) is 0 Å². The number of alkyl halides is 3. The van der Waals surface area contributed by atoms with Crippen LogP contribution in [0.5, 0.6) is 0 Å².